The molecule has 0 saturated carbocycles. The zero-order valence-corrected chi connectivity index (χ0v) is 14.4. The molecule has 2 aromatic rings. The maximum absolute atomic E-state index is 14.6. The number of aromatic nitrogens is 2. The second-order valence-electron chi connectivity index (χ2n) is 6.46. The van der Waals surface area contributed by atoms with Gasteiger partial charge in [-0.1, -0.05) is 0 Å². The van der Waals surface area contributed by atoms with Crippen molar-refractivity contribution in [3.05, 3.63) is 35.8 Å². The monoisotopic (exact) mass is 357 g/mol. The molecule has 1 saturated heterocycles. The average molecular weight is 357 g/mol. The Morgan fingerprint density at radius 3 is 2.81 bits per heavy atom. The summed E-state index contributed by atoms with van der Waals surface area (Å²) in [6, 6.07) is 4.72. The minimum atomic E-state index is -0.301. The van der Waals surface area contributed by atoms with E-state index in [0.29, 0.717) is 29.7 Å². The van der Waals surface area contributed by atoms with Crippen LogP contribution in [0.4, 0.5) is 32.3 Å². The number of amides is 2. The van der Waals surface area contributed by atoms with E-state index in [4.69, 9.17) is 0 Å². The molecule has 1 aromatic heterocycles. The number of piperazine rings is 1. The molecule has 0 aliphatic carbocycles. The molecule has 2 amide bonds. The van der Waals surface area contributed by atoms with Crippen molar-refractivity contribution in [1.82, 2.24) is 20.2 Å². The Kier molecular flexibility index (Phi) is 4.29. The third-order valence-electron chi connectivity index (χ3n) is 4.58. The molecule has 3 heterocycles. The highest BCUT2D eigenvalue weighted by Crippen LogP contribution is 2.26. The topological polar surface area (TPSA) is 85.4 Å². The van der Waals surface area contributed by atoms with Gasteiger partial charge in [0.1, 0.15) is 11.6 Å². The third-order valence-corrected chi connectivity index (χ3v) is 4.58. The lowest BCUT2D eigenvalue weighted by molar-refractivity contribution is 0.250. The lowest BCUT2D eigenvalue weighted by atomic mass is 10.2. The molecule has 0 atom stereocenters. The lowest BCUT2D eigenvalue weighted by Gasteiger charge is -2.34. The summed E-state index contributed by atoms with van der Waals surface area (Å²) in [5.74, 6) is 0.480. The highest BCUT2D eigenvalue weighted by atomic mass is 19.1. The standard InChI is InChI=1S/C17H20FN7O/c1-24-4-6-25(7-5-24)14-3-2-12(8-13(14)18)21-16-19-9-11-10-20-17(26)23-15(11)22-16/h2-3,8-9H,4-7,10H2,1H3,(H3,19,20,21,22,23,26). The van der Waals surface area contributed by atoms with Crippen LogP contribution in [0.2, 0.25) is 0 Å². The van der Waals surface area contributed by atoms with Crippen LogP contribution in [0.3, 0.4) is 0 Å². The van der Waals surface area contributed by atoms with E-state index < -0.39 is 0 Å². The maximum Gasteiger partial charge on any atom is 0.320 e. The summed E-state index contributed by atoms with van der Waals surface area (Å²) in [5, 5.41) is 8.26. The Balaban J connectivity index is 1.50. The van der Waals surface area contributed by atoms with Crippen LogP contribution in [-0.4, -0.2) is 54.1 Å². The van der Waals surface area contributed by atoms with Crippen molar-refractivity contribution >= 4 is 29.2 Å². The maximum atomic E-state index is 14.6. The number of hydrogen-bond donors (Lipinski definition) is 3. The third kappa shape index (κ3) is 3.38. The van der Waals surface area contributed by atoms with E-state index in [1.165, 1.54) is 6.07 Å². The number of likely N-dealkylation sites (N-methyl/N-ethyl adjacent to an activating group) is 1. The van der Waals surface area contributed by atoms with Gasteiger partial charge < -0.3 is 20.4 Å². The summed E-state index contributed by atoms with van der Waals surface area (Å²) in [6.07, 6.45) is 1.63. The lowest BCUT2D eigenvalue weighted by Crippen LogP contribution is -2.44. The largest absolute Gasteiger partial charge is 0.367 e. The van der Waals surface area contributed by atoms with Crippen LogP contribution in [-0.2, 0) is 6.54 Å². The fourth-order valence-electron chi connectivity index (χ4n) is 3.05. The van der Waals surface area contributed by atoms with Gasteiger partial charge in [0.05, 0.1) is 5.69 Å². The highest BCUT2D eigenvalue weighted by molar-refractivity contribution is 5.91. The van der Waals surface area contributed by atoms with E-state index in [-0.39, 0.29) is 11.8 Å². The van der Waals surface area contributed by atoms with Crippen LogP contribution < -0.4 is 20.9 Å². The molecule has 2 aliphatic heterocycles. The molecule has 4 rings (SSSR count). The smallest absolute Gasteiger partial charge is 0.320 e. The number of rotatable bonds is 3. The van der Waals surface area contributed by atoms with Crippen LogP contribution in [0.25, 0.3) is 0 Å². The van der Waals surface area contributed by atoms with Crippen LogP contribution in [0.5, 0.6) is 0 Å². The van der Waals surface area contributed by atoms with E-state index in [0.717, 1.165) is 31.7 Å². The van der Waals surface area contributed by atoms with E-state index in [1.54, 1.807) is 18.3 Å². The van der Waals surface area contributed by atoms with Gasteiger partial charge in [0.2, 0.25) is 5.95 Å². The Labute approximate surface area is 150 Å². The number of benzene rings is 1. The van der Waals surface area contributed by atoms with Gasteiger partial charge in [-0.05, 0) is 25.2 Å². The van der Waals surface area contributed by atoms with Crippen LogP contribution in [0.1, 0.15) is 5.56 Å². The van der Waals surface area contributed by atoms with Gasteiger partial charge in [0.15, 0.2) is 0 Å². The second kappa shape index (κ2) is 6.75. The minimum Gasteiger partial charge on any atom is -0.367 e. The molecular weight excluding hydrogens is 337 g/mol. The van der Waals surface area contributed by atoms with Gasteiger partial charge in [-0.2, -0.15) is 4.98 Å². The van der Waals surface area contributed by atoms with Crippen molar-refractivity contribution in [2.24, 2.45) is 0 Å². The molecule has 0 spiro atoms. The fourth-order valence-corrected chi connectivity index (χ4v) is 3.05. The Morgan fingerprint density at radius 2 is 2.04 bits per heavy atom. The van der Waals surface area contributed by atoms with Gasteiger partial charge in [-0.3, -0.25) is 5.32 Å². The quantitative estimate of drug-likeness (QED) is 0.776. The molecule has 9 heteroatoms. The number of halogens is 1. The number of carbonyl (C=O) groups is 1. The zero-order chi connectivity index (χ0) is 18.1. The summed E-state index contributed by atoms with van der Waals surface area (Å²) in [5.41, 5.74) is 1.96. The first-order valence-corrected chi connectivity index (χ1v) is 8.49. The van der Waals surface area contributed by atoms with Crippen molar-refractivity contribution in [1.29, 1.82) is 0 Å². The molecule has 26 heavy (non-hydrogen) atoms. The molecule has 0 bridgehead atoms. The van der Waals surface area contributed by atoms with Gasteiger partial charge >= 0.3 is 6.03 Å². The van der Waals surface area contributed by atoms with Crippen molar-refractivity contribution in [3.8, 4) is 0 Å². The minimum absolute atomic E-state index is 0.282. The van der Waals surface area contributed by atoms with Gasteiger partial charge in [-0.15, -0.1) is 0 Å². The number of nitrogens with one attached hydrogen (secondary N) is 3. The molecule has 0 radical (unpaired) electrons. The Bertz CT molecular complexity index is 836. The predicted molar refractivity (Wildman–Crippen MR) is 97.3 cm³/mol. The number of fused-ring (bicyclic) bond motifs is 1. The summed E-state index contributed by atoms with van der Waals surface area (Å²) in [6.45, 7) is 3.84. The van der Waals surface area contributed by atoms with E-state index in [9.17, 15) is 9.18 Å². The summed E-state index contributed by atoms with van der Waals surface area (Å²) >= 11 is 0. The first-order chi connectivity index (χ1) is 12.6. The van der Waals surface area contributed by atoms with E-state index in [1.807, 2.05) is 0 Å². The zero-order valence-electron chi connectivity index (χ0n) is 14.4. The van der Waals surface area contributed by atoms with Crippen LogP contribution in [0, 0.1) is 5.82 Å². The van der Waals surface area contributed by atoms with Crippen molar-refractivity contribution in [2.75, 3.05) is 48.8 Å². The van der Waals surface area contributed by atoms with Gasteiger partial charge in [0.25, 0.3) is 0 Å². The van der Waals surface area contributed by atoms with E-state index in [2.05, 4.69) is 42.8 Å². The molecule has 8 nitrogen and oxygen atoms in total. The number of hydrogen-bond acceptors (Lipinski definition) is 6. The van der Waals surface area contributed by atoms with Gasteiger partial charge in [0, 0.05) is 50.2 Å². The molecule has 3 N–H and O–H groups in total. The SMILES string of the molecule is CN1CCN(c2ccc(Nc3ncc4c(n3)NC(=O)NC4)cc2F)CC1. The Morgan fingerprint density at radius 1 is 1.23 bits per heavy atom. The highest BCUT2D eigenvalue weighted by Gasteiger charge is 2.18. The number of urea groups is 1. The van der Waals surface area contributed by atoms with Crippen molar-refractivity contribution in [2.45, 2.75) is 6.54 Å². The first-order valence-electron chi connectivity index (χ1n) is 8.49. The molecule has 136 valence electrons. The molecule has 1 aromatic carbocycles. The Hall–Kier alpha value is -2.94. The molecular formula is C17H20FN7O. The van der Waals surface area contributed by atoms with Crippen LogP contribution in [0.15, 0.2) is 24.4 Å². The molecule has 1 fully saturated rings. The molecule has 0 unspecified atom stereocenters. The van der Waals surface area contributed by atoms with Crippen molar-refractivity contribution in [3.63, 3.8) is 0 Å². The second-order valence-corrected chi connectivity index (χ2v) is 6.46. The summed E-state index contributed by atoms with van der Waals surface area (Å²) < 4.78 is 14.6. The number of nitrogens with zero attached hydrogens (tertiary/aromatic N) is 4. The average Bonchev–Trinajstić information content (AvgIpc) is 2.62. The summed E-state index contributed by atoms with van der Waals surface area (Å²) in [7, 11) is 2.07. The first kappa shape index (κ1) is 16.5. The predicted octanol–water partition coefficient (Wildman–Crippen LogP) is 1.75. The van der Waals surface area contributed by atoms with Gasteiger partial charge in [-0.25, -0.2) is 14.2 Å². The van der Waals surface area contributed by atoms with Crippen LogP contribution >= 0.6 is 0 Å². The van der Waals surface area contributed by atoms with E-state index >= 15 is 0 Å². The number of carbonyl (C=O) groups excluding carboxylic acids is 1. The normalized spacial score (nSPS) is 17.3. The fraction of sp³-hybridized carbons (Fsp3) is 0.353. The molecule has 2 aliphatic rings. The number of anilines is 4. The summed E-state index contributed by atoms with van der Waals surface area (Å²) in [4.78, 5) is 24.2. The van der Waals surface area contributed by atoms with Crippen molar-refractivity contribution < 1.29 is 9.18 Å².